The number of alkyl carbamates (subject to hydrolysis) is 1. The Bertz CT molecular complexity index is 1440. The van der Waals surface area contributed by atoms with Crippen molar-refractivity contribution in [2.75, 3.05) is 5.73 Å². The minimum atomic E-state index is -4.77. The highest BCUT2D eigenvalue weighted by molar-refractivity contribution is 7.46. The average Bonchev–Trinajstić information content (AvgIpc) is 3.00. The van der Waals surface area contributed by atoms with Crippen molar-refractivity contribution in [1.82, 2.24) is 16.0 Å². The molecule has 2 aromatic carbocycles. The zero-order chi connectivity index (χ0) is 33.3. The molecule has 2 aliphatic carbocycles. The van der Waals surface area contributed by atoms with E-state index < -0.39 is 49.3 Å². The van der Waals surface area contributed by atoms with E-state index in [1.165, 1.54) is 24.3 Å². The van der Waals surface area contributed by atoms with Gasteiger partial charge in [0.05, 0.1) is 5.92 Å². The maximum atomic E-state index is 13.9. The summed E-state index contributed by atoms with van der Waals surface area (Å²) in [5.41, 5.74) is 11.8. The third-order valence-electron chi connectivity index (χ3n) is 8.47. The van der Waals surface area contributed by atoms with E-state index in [4.69, 9.17) is 26.0 Å². The Labute approximate surface area is 267 Å². The molecule has 2 fully saturated rings. The van der Waals surface area contributed by atoms with Gasteiger partial charge in [0, 0.05) is 18.2 Å². The van der Waals surface area contributed by atoms with Gasteiger partial charge in [-0.25, -0.2) is 9.36 Å². The van der Waals surface area contributed by atoms with Crippen LogP contribution in [0.3, 0.4) is 0 Å². The predicted octanol–water partition coefficient (Wildman–Crippen LogP) is 2.56. The molecule has 2 aromatic rings. The van der Waals surface area contributed by atoms with Gasteiger partial charge in [0.25, 0.3) is 0 Å². The van der Waals surface area contributed by atoms with Gasteiger partial charge in [0.2, 0.25) is 17.7 Å². The van der Waals surface area contributed by atoms with Gasteiger partial charge in [-0.2, -0.15) is 0 Å². The lowest BCUT2D eigenvalue weighted by atomic mass is 9.79. The number of phosphoric ester groups is 1. The van der Waals surface area contributed by atoms with Crippen molar-refractivity contribution in [3.05, 3.63) is 59.7 Å². The number of benzene rings is 2. The number of hydrogen-bond donors (Lipinski definition) is 7. The number of ether oxygens (including phenoxy) is 1. The maximum absolute atomic E-state index is 13.9. The molecule has 15 heteroatoms. The summed E-state index contributed by atoms with van der Waals surface area (Å²) in [6.45, 7) is -0.103. The summed E-state index contributed by atoms with van der Waals surface area (Å²) in [5.74, 6) is -2.05. The molecule has 4 amide bonds. The topological polar surface area (TPSA) is 232 Å². The van der Waals surface area contributed by atoms with Crippen LogP contribution in [-0.2, 0) is 36.7 Å². The van der Waals surface area contributed by atoms with Crippen molar-refractivity contribution >= 4 is 37.3 Å². The van der Waals surface area contributed by atoms with Gasteiger partial charge >= 0.3 is 13.9 Å². The number of amides is 4. The number of carbonyl (C=O) groups excluding carboxylic acids is 4. The summed E-state index contributed by atoms with van der Waals surface area (Å²) >= 11 is 0. The first-order chi connectivity index (χ1) is 21.8. The fourth-order valence-electron chi connectivity index (χ4n) is 6.12. The van der Waals surface area contributed by atoms with Crippen LogP contribution in [-0.4, -0.2) is 51.2 Å². The molecule has 14 nitrogen and oxygen atoms in total. The number of phosphoric acid groups is 1. The lowest BCUT2D eigenvalue weighted by Gasteiger charge is -2.40. The molecular formula is C31H42N5O9P. The van der Waals surface area contributed by atoms with Crippen LogP contribution in [0.1, 0.15) is 68.9 Å². The molecule has 0 heterocycles. The van der Waals surface area contributed by atoms with Crippen LogP contribution >= 0.6 is 7.82 Å². The van der Waals surface area contributed by atoms with Crippen molar-refractivity contribution < 1.29 is 42.8 Å². The number of carbonyl (C=O) groups is 4. The average molecular weight is 660 g/mol. The number of nitrogen functional groups attached to an aromatic ring is 1. The normalized spacial score (nSPS) is 20.0. The zero-order valence-corrected chi connectivity index (χ0v) is 26.4. The molecule has 250 valence electrons. The molecule has 3 unspecified atom stereocenters. The fraction of sp³-hybridized carbons (Fsp3) is 0.484. The van der Waals surface area contributed by atoms with Crippen LogP contribution in [0.4, 0.5) is 10.5 Å². The number of nitrogens with two attached hydrogens (primary N) is 2. The molecular weight excluding hydrogens is 617 g/mol. The molecule has 0 aliphatic heterocycles. The summed E-state index contributed by atoms with van der Waals surface area (Å²) in [5, 5.41) is 8.54. The van der Waals surface area contributed by atoms with E-state index in [1.807, 2.05) is 0 Å². The quantitative estimate of drug-likeness (QED) is 0.130. The van der Waals surface area contributed by atoms with E-state index in [0.717, 1.165) is 19.3 Å². The Kier molecular flexibility index (Phi) is 11.7. The summed E-state index contributed by atoms with van der Waals surface area (Å²) in [6, 6.07) is 10.8. The first-order valence-corrected chi connectivity index (χ1v) is 16.9. The Balaban J connectivity index is 1.52. The fourth-order valence-corrected chi connectivity index (χ4v) is 6.52. The van der Waals surface area contributed by atoms with E-state index in [9.17, 15) is 23.7 Å². The number of anilines is 1. The van der Waals surface area contributed by atoms with Crippen molar-refractivity contribution in [2.24, 2.45) is 11.7 Å². The summed E-state index contributed by atoms with van der Waals surface area (Å²) in [4.78, 5) is 71.0. The van der Waals surface area contributed by atoms with Crippen molar-refractivity contribution in [3.63, 3.8) is 0 Å². The molecule has 0 spiro atoms. The first kappa shape index (κ1) is 34.7. The van der Waals surface area contributed by atoms with Gasteiger partial charge in [0.15, 0.2) is 0 Å². The second-order valence-corrected chi connectivity index (χ2v) is 13.1. The van der Waals surface area contributed by atoms with Crippen molar-refractivity contribution in [3.8, 4) is 5.75 Å². The second kappa shape index (κ2) is 15.4. The molecule has 0 radical (unpaired) electrons. The molecule has 46 heavy (non-hydrogen) atoms. The van der Waals surface area contributed by atoms with E-state index in [-0.39, 0.29) is 24.7 Å². The van der Waals surface area contributed by atoms with Gasteiger partial charge in [-0.05, 0) is 61.1 Å². The lowest BCUT2D eigenvalue weighted by Crippen LogP contribution is -2.65. The zero-order valence-electron chi connectivity index (χ0n) is 25.5. The van der Waals surface area contributed by atoms with Crippen LogP contribution in [0.15, 0.2) is 48.5 Å². The van der Waals surface area contributed by atoms with E-state index in [0.29, 0.717) is 55.3 Å². The Morgan fingerprint density at radius 2 is 1.65 bits per heavy atom. The highest BCUT2D eigenvalue weighted by Crippen LogP contribution is 2.37. The number of nitrogens with one attached hydrogen (secondary N) is 3. The van der Waals surface area contributed by atoms with Crippen LogP contribution < -0.4 is 31.9 Å². The Morgan fingerprint density at radius 3 is 2.30 bits per heavy atom. The Morgan fingerprint density at radius 1 is 0.957 bits per heavy atom. The molecule has 0 aromatic heterocycles. The van der Waals surface area contributed by atoms with Gasteiger partial charge in [0.1, 0.15) is 23.9 Å². The molecule has 2 saturated carbocycles. The minimum absolute atomic E-state index is 0.0422. The first-order valence-electron chi connectivity index (χ1n) is 15.4. The maximum Gasteiger partial charge on any atom is 0.524 e. The SMILES string of the molecule is NC(=O)C1CCCCC1NC(=O)C1(NC(=O)C(Cc2ccc(OP(=O)(O)O)cc2)NC(=O)OCc2cccc(N)c2)CCCCC1. The van der Waals surface area contributed by atoms with E-state index in [2.05, 4.69) is 20.5 Å². The molecule has 3 atom stereocenters. The predicted molar refractivity (Wildman–Crippen MR) is 168 cm³/mol. The van der Waals surface area contributed by atoms with Crippen molar-refractivity contribution in [2.45, 2.75) is 88.4 Å². The van der Waals surface area contributed by atoms with Gasteiger partial charge in [-0.3, -0.25) is 24.2 Å². The molecule has 0 bridgehead atoms. The Hall–Kier alpha value is -4.13. The number of rotatable bonds is 12. The molecule has 0 saturated heterocycles. The van der Waals surface area contributed by atoms with Crippen LogP contribution in [0.2, 0.25) is 0 Å². The highest BCUT2D eigenvalue weighted by Gasteiger charge is 2.44. The monoisotopic (exact) mass is 659 g/mol. The van der Waals surface area contributed by atoms with Crippen LogP contribution in [0.25, 0.3) is 0 Å². The summed E-state index contributed by atoms with van der Waals surface area (Å²) < 4.78 is 21.2. The third-order valence-corrected chi connectivity index (χ3v) is 8.92. The van der Waals surface area contributed by atoms with Gasteiger partial charge in [-0.15, -0.1) is 0 Å². The summed E-state index contributed by atoms with van der Waals surface area (Å²) in [7, 11) is -4.77. The van der Waals surface area contributed by atoms with E-state index >= 15 is 0 Å². The molecule has 2 aliphatic rings. The highest BCUT2D eigenvalue weighted by atomic mass is 31.2. The molecule has 9 N–H and O–H groups in total. The third kappa shape index (κ3) is 9.93. The van der Waals surface area contributed by atoms with Gasteiger partial charge in [-0.1, -0.05) is 56.4 Å². The number of primary amides is 1. The standard InChI is InChI=1S/C31H42N5O9P/c32-22-8-6-7-21(17-22)19-44-30(40)35-26(18-20-11-13-23(14-12-20)45-46(41,42)43)28(38)36-31(15-4-1-5-16-31)29(39)34-25-10-3-2-9-24(25)27(33)37/h6-8,11-14,17,24-26H,1-5,9-10,15-16,18-19,32H2,(H2,33,37)(H,34,39)(H,35,40)(H,36,38)(H2,41,42,43). The number of hydrogen-bond acceptors (Lipinski definition) is 8. The van der Waals surface area contributed by atoms with Crippen LogP contribution in [0, 0.1) is 5.92 Å². The molecule has 4 rings (SSSR count). The lowest BCUT2D eigenvalue weighted by molar-refractivity contribution is -0.137. The van der Waals surface area contributed by atoms with Crippen molar-refractivity contribution in [1.29, 1.82) is 0 Å². The second-order valence-electron chi connectivity index (χ2n) is 12.0. The largest absolute Gasteiger partial charge is 0.524 e. The minimum Gasteiger partial charge on any atom is -0.445 e. The summed E-state index contributed by atoms with van der Waals surface area (Å²) in [6.07, 6.45) is 4.98. The smallest absolute Gasteiger partial charge is 0.445 e. The van der Waals surface area contributed by atoms with E-state index in [1.54, 1.807) is 24.3 Å². The van der Waals surface area contributed by atoms with Gasteiger partial charge < -0.3 is 36.7 Å². The van der Waals surface area contributed by atoms with Crippen LogP contribution in [0.5, 0.6) is 5.75 Å².